The van der Waals surface area contributed by atoms with E-state index in [1.807, 2.05) is 44.2 Å². The second-order valence-corrected chi connectivity index (χ2v) is 5.85. The molecule has 0 saturated heterocycles. The highest BCUT2D eigenvalue weighted by molar-refractivity contribution is 5.24. The molecule has 0 N–H and O–H groups in total. The van der Waals surface area contributed by atoms with Crippen LogP contribution in [0.4, 0.5) is 4.39 Å². The summed E-state index contributed by atoms with van der Waals surface area (Å²) in [5.74, 6) is 0.508. The van der Waals surface area contributed by atoms with Gasteiger partial charge in [0.1, 0.15) is 5.67 Å². The molecule has 0 amide bonds. The van der Waals surface area contributed by atoms with Gasteiger partial charge in [-0.25, -0.2) is 4.39 Å². The van der Waals surface area contributed by atoms with Crippen LogP contribution in [-0.4, -0.2) is 0 Å². The fourth-order valence-corrected chi connectivity index (χ4v) is 2.35. The lowest BCUT2D eigenvalue weighted by molar-refractivity contribution is 0.0138. The van der Waals surface area contributed by atoms with E-state index in [2.05, 4.69) is 13.8 Å². The summed E-state index contributed by atoms with van der Waals surface area (Å²) in [6.45, 7) is 10.0. The third-order valence-corrected chi connectivity index (χ3v) is 3.51. The van der Waals surface area contributed by atoms with Crippen molar-refractivity contribution in [1.82, 2.24) is 0 Å². The molecular formula is C15H23F. The molecule has 0 radical (unpaired) electrons. The summed E-state index contributed by atoms with van der Waals surface area (Å²) in [6.07, 6.45) is 0.884. The quantitative estimate of drug-likeness (QED) is 0.676. The molecule has 0 aromatic heterocycles. The van der Waals surface area contributed by atoms with E-state index in [1.165, 1.54) is 0 Å². The molecule has 90 valence electrons. The van der Waals surface area contributed by atoms with E-state index in [0.717, 1.165) is 12.0 Å². The Morgan fingerprint density at radius 1 is 1.06 bits per heavy atom. The van der Waals surface area contributed by atoms with Crippen molar-refractivity contribution in [3.63, 3.8) is 0 Å². The first-order valence-corrected chi connectivity index (χ1v) is 6.02. The largest absolute Gasteiger partial charge is 0.238 e. The van der Waals surface area contributed by atoms with E-state index >= 15 is 0 Å². The molecule has 1 unspecified atom stereocenters. The zero-order valence-electron chi connectivity index (χ0n) is 11.0. The second-order valence-electron chi connectivity index (χ2n) is 5.85. The summed E-state index contributed by atoms with van der Waals surface area (Å²) in [6, 6.07) is 9.48. The van der Waals surface area contributed by atoms with Gasteiger partial charge in [-0.3, -0.25) is 0 Å². The van der Waals surface area contributed by atoms with Crippen LogP contribution in [0, 0.1) is 11.3 Å². The smallest absolute Gasteiger partial charge is 0.138 e. The van der Waals surface area contributed by atoms with Crippen LogP contribution >= 0.6 is 0 Å². The number of benzene rings is 1. The minimum Gasteiger partial charge on any atom is -0.238 e. The van der Waals surface area contributed by atoms with E-state index in [0.29, 0.717) is 5.92 Å². The molecule has 16 heavy (non-hydrogen) atoms. The van der Waals surface area contributed by atoms with Gasteiger partial charge in [0.25, 0.3) is 0 Å². The lowest BCUT2D eigenvalue weighted by atomic mass is 9.69. The molecule has 0 aliphatic carbocycles. The van der Waals surface area contributed by atoms with Gasteiger partial charge in [0.15, 0.2) is 0 Å². The fourth-order valence-electron chi connectivity index (χ4n) is 2.35. The Morgan fingerprint density at radius 3 is 2.00 bits per heavy atom. The van der Waals surface area contributed by atoms with Crippen molar-refractivity contribution >= 4 is 0 Å². The normalized spacial score (nSPS) is 16.2. The van der Waals surface area contributed by atoms with Gasteiger partial charge in [0.2, 0.25) is 0 Å². The predicted molar refractivity (Wildman–Crippen MR) is 68.1 cm³/mol. The Bertz CT molecular complexity index is 323. The number of hydrogen-bond donors (Lipinski definition) is 0. The van der Waals surface area contributed by atoms with Crippen molar-refractivity contribution in [2.45, 2.75) is 46.7 Å². The maximum atomic E-state index is 15.0. The van der Waals surface area contributed by atoms with Crippen LogP contribution in [0.15, 0.2) is 30.3 Å². The SMILES string of the molecule is CC(C)CC(C)(C)C(C)(F)c1ccccc1. The van der Waals surface area contributed by atoms with Crippen LogP contribution in [0.25, 0.3) is 0 Å². The van der Waals surface area contributed by atoms with Crippen molar-refractivity contribution in [2.24, 2.45) is 11.3 Å². The molecule has 1 atom stereocenters. The van der Waals surface area contributed by atoms with Gasteiger partial charge in [-0.05, 0) is 24.8 Å². The van der Waals surface area contributed by atoms with Crippen LogP contribution in [0.3, 0.4) is 0 Å². The number of alkyl halides is 1. The number of hydrogen-bond acceptors (Lipinski definition) is 0. The Kier molecular flexibility index (Phi) is 3.77. The molecule has 1 aromatic rings. The fraction of sp³-hybridized carbons (Fsp3) is 0.600. The number of halogens is 1. The highest BCUT2D eigenvalue weighted by Gasteiger charge is 2.42. The summed E-state index contributed by atoms with van der Waals surface area (Å²) in [4.78, 5) is 0. The van der Waals surface area contributed by atoms with Crippen molar-refractivity contribution in [1.29, 1.82) is 0 Å². The molecule has 0 aliphatic rings. The molecule has 0 nitrogen and oxygen atoms in total. The molecule has 1 rings (SSSR count). The van der Waals surface area contributed by atoms with Crippen molar-refractivity contribution < 1.29 is 4.39 Å². The third-order valence-electron chi connectivity index (χ3n) is 3.51. The van der Waals surface area contributed by atoms with Crippen molar-refractivity contribution in [3.8, 4) is 0 Å². The molecular weight excluding hydrogens is 199 g/mol. The van der Waals surface area contributed by atoms with E-state index in [1.54, 1.807) is 6.92 Å². The first-order chi connectivity index (χ1) is 7.27. The van der Waals surface area contributed by atoms with Gasteiger partial charge in [0, 0.05) is 5.41 Å². The predicted octanol–water partition coefficient (Wildman–Crippen LogP) is 4.94. The monoisotopic (exact) mass is 222 g/mol. The lowest BCUT2D eigenvalue weighted by Crippen LogP contribution is -2.36. The Labute approximate surface area is 98.9 Å². The van der Waals surface area contributed by atoms with E-state index in [9.17, 15) is 4.39 Å². The maximum absolute atomic E-state index is 15.0. The van der Waals surface area contributed by atoms with E-state index in [-0.39, 0.29) is 5.41 Å². The molecule has 0 spiro atoms. The molecule has 0 bridgehead atoms. The van der Waals surface area contributed by atoms with Gasteiger partial charge in [-0.15, -0.1) is 0 Å². The summed E-state index contributed by atoms with van der Waals surface area (Å²) in [7, 11) is 0. The van der Waals surface area contributed by atoms with Gasteiger partial charge >= 0.3 is 0 Å². The zero-order chi connectivity index (χ0) is 12.4. The van der Waals surface area contributed by atoms with Crippen LogP contribution < -0.4 is 0 Å². The molecule has 0 aliphatic heterocycles. The highest BCUT2D eigenvalue weighted by atomic mass is 19.1. The van der Waals surface area contributed by atoms with Crippen LogP contribution in [0.1, 0.15) is 46.6 Å². The van der Waals surface area contributed by atoms with Crippen LogP contribution in [0.5, 0.6) is 0 Å². The third kappa shape index (κ3) is 2.63. The Hall–Kier alpha value is -0.850. The van der Waals surface area contributed by atoms with E-state index < -0.39 is 5.67 Å². The number of rotatable bonds is 4. The molecule has 0 saturated carbocycles. The maximum Gasteiger partial charge on any atom is 0.138 e. The summed E-state index contributed by atoms with van der Waals surface area (Å²) < 4.78 is 15.0. The van der Waals surface area contributed by atoms with Crippen molar-refractivity contribution in [3.05, 3.63) is 35.9 Å². The van der Waals surface area contributed by atoms with Crippen LogP contribution in [0.2, 0.25) is 0 Å². The average Bonchev–Trinajstić information content (AvgIpc) is 2.17. The average molecular weight is 222 g/mol. The lowest BCUT2D eigenvalue weighted by Gasteiger charge is -2.39. The minimum atomic E-state index is -1.28. The molecule has 0 fully saturated rings. The van der Waals surface area contributed by atoms with Gasteiger partial charge in [-0.2, -0.15) is 0 Å². The first kappa shape index (κ1) is 13.2. The van der Waals surface area contributed by atoms with Crippen molar-refractivity contribution in [2.75, 3.05) is 0 Å². The molecule has 1 aromatic carbocycles. The summed E-state index contributed by atoms with van der Waals surface area (Å²) in [5.41, 5.74) is -0.846. The Balaban J connectivity index is 3.01. The minimum absolute atomic E-state index is 0.345. The van der Waals surface area contributed by atoms with Gasteiger partial charge in [0.05, 0.1) is 0 Å². The van der Waals surface area contributed by atoms with Gasteiger partial charge in [-0.1, -0.05) is 58.0 Å². The van der Waals surface area contributed by atoms with Gasteiger partial charge < -0.3 is 0 Å². The molecule has 1 heteroatoms. The second kappa shape index (κ2) is 4.57. The van der Waals surface area contributed by atoms with E-state index in [4.69, 9.17) is 0 Å². The Morgan fingerprint density at radius 2 is 1.56 bits per heavy atom. The standard InChI is InChI=1S/C15H23F/c1-12(2)11-14(3,4)15(5,16)13-9-7-6-8-10-13/h6-10,12H,11H2,1-5H3. The zero-order valence-corrected chi connectivity index (χ0v) is 11.0. The topological polar surface area (TPSA) is 0 Å². The van der Waals surface area contributed by atoms with Crippen LogP contribution in [-0.2, 0) is 5.67 Å². The summed E-state index contributed by atoms with van der Waals surface area (Å²) >= 11 is 0. The summed E-state index contributed by atoms with van der Waals surface area (Å²) in [5, 5.41) is 0. The first-order valence-electron chi connectivity index (χ1n) is 6.02. The highest BCUT2D eigenvalue weighted by Crippen LogP contribution is 2.46. The molecule has 0 heterocycles.